The smallest absolute Gasteiger partial charge is 0.258 e. The maximum absolute atomic E-state index is 13.0. The lowest BCUT2D eigenvalue weighted by atomic mass is 9.99. The van der Waals surface area contributed by atoms with Gasteiger partial charge in [0.25, 0.3) is 5.91 Å². The molecule has 0 radical (unpaired) electrons. The lowest BCUT2D eigenvalue weighted by Crippen LogP contribution is -2.10. The van der Waals surface area contributed by atoms with Gasteiger partial charge in [0.15, 0.2) is 0 Å². The second-order valence-corrected chi connectivity index (χ2v) is 8.21. The van der Waals surface area contributed by atoms with Crippen molar-refractivity contribution in [3.63, 3.8) is 0 Å². The Hall–Kier alpha value is -4.31. The minimum absolute atomic E-state index is 0.134. The van der Waals surface area contributed by atoms with Crippen molar-refractivity contribution < 1.29 is 4.79 Å². The van der Waals surface area contributed by atoms with Crippen LogP contribution >= 0.6 is 0 Å². The monoisotopic (exact) mass is 415 g/mol. The number of hydrogen-bond acceptors (Lipinski definition) is 3. The highest BCUT2D eigenvalue weighted by atomic mass is 16.2. The number of amides is 1. The maximum atomic E-state index is 13.0. The molecule has 4 N–H and O–H groups in total. The van der Waals surface area contributed by atoms with E-state index in [0.29, 0.717) is 11.3 Å². The summed E-state index contributed by atoms with van der Waals surface area (Å²) in [5.41, 5.74) is 16.7. The van der Waals surface area contributed by atoms with E-state index in [2.05, 4.69) is 53.1 Å². The van der Waals surface area contributed by atoms with Gasteiger partial charge in [-0.15, -0.1) is 0 Å². The van der Waals surface area contributed by atoms with Crippen LogP contribution in [-0.2, 0) is 11.2 Å². The number of hydrogen-bond donors (Lipinski definition) is 3. The van der Waals surface area contributed by atoms with Gasteiger partial charge in [0.05, 0.1) is 11.3 Å². The van der Waals surface area contributed by atoms with Crippen molar-refractivity contribution >= 4 is 34.2 Å². The summed E-state index contributed by atoms with van der Waals surface area (Å²) in [4.78, 5) is 13.0. The molecule has 4 heteroatoms. The third kappa shape index (κ3) is 2.96. The van der Waals surface area contributed by atoms with E-state index in [0.717, 1.165) is 34.6 Å². The van der Waals surface area contributed by atoms with Crippen LogP contribution < -0.4 is 16.4 Å². The molecule has 4 nitrogen and oxygen atoms in total. The molecule has 1 heterocycles. The van der Waals surface area contributed by atoms with Crippen LogP contribution in [0.15, 0.2) is 91.0 Å². The number of nitrogens with one attached hydrogen (secondary N) is 2. The lowest BCUT2D eigenvalue weighted by molar-refractivity contribution is -0.110. The minimum Gasteiger partial charge on any atom is -0.399 e. The van der Waals surface area contributed by atoms with Gasteiger partial charge in [-0.2, -0.15) is 0 Å². The third-order valence-electron chi connectivity index (χ3n) is 6.16. The summed E-state index contributed by atoms with van der Waals surface area (Å²) in [5, 5.41) is 6.53. The maximum Gasteiger partial charge on any atom is 0.258 e. The molecule has 0 saturated carbocycles. The van der Waals surface area contributed by atoms with Gasteiger partial charge in [0.1, 0.15) is 0 Å². The van der Waals surface area contributed by atoms with E-state index in [-0.39, 0.29) is 5.91 Å². The van der Waals surface area contributed by atoms with Crippen molar-refractivity contribution in [1.29, 1.82) is 0 Å². The summed E-state index contributed by atoms with van der Waals surface area (Å²) < 4.78 is 0. The number of benzene rings is 4. The fraction of sp³-hybridized carbons (Fsp3) is 0.0357. The highest BCUT2D eigenvalue weighted by Gasteiger charge is 2.29. The van der Waals surface area contributed by atoms with Crippen molar-refractivity contribution in [2.24, 2.45) is 0 Å². The second-order valence-electron chi connectivity index (χ2n) is 8.21. The first-order chi connectivity index (χ1) is 15.7. The molecule has 0 spiro atoms. The standard InChI is InChI=1S/C28H21N3O/c29-20-10-13-25-24(16-20)26(28(32)31-25)27(17-6-2-1-3-7-17)30-21-11-12-23-19(15-21)14-18-8-4-5-9-22(18)23/h1-13,15-16,30H,14,29H2,(H,31,32)/b27-26-. The Labute approximate surface area is 186 Å². The predicted octanol–water partition coefficient (Wildman–Crippen LogP) is 5.77. The highest BCUT2D eigenvalue weighted by Crippen LogP contribution is 2.41. The van der Waals surface area contributed by atoms with E-state index < -0.39 is 0 Å². The molecule has 0 unspecified atom stereocenters. The molecule has 4 aromatic rings. The molecule has 2 aliphatic rings. The van der Waals surface area contributed by atoms with Crippen LogP contribution in [0.4, 0.5) is 17.1 Å². The Balaban J connectivity index is 1.48. The second kappa shape index (κ2) is 7.13. The van der Waals surface area contributed by atoms with Gasteiger partial charge in [-0.3, -0.25) is 4.79 Å². The van der Waals surface area contributed by atoms with Crippen LogP contribution in [0, 0.1) is 0 Å². The Bertz CT molecular complexity index is 1420. The quantitative estimate of drug-likeness (QED) is 0.259. The summed E-state index contributed by atoms with van der Waals surface area (Å²) in [5.74, 6) is -0.134. The fourth-order valence-electron chi connectivity index (χ4n) is 4.68. The van der Waals surface area contributed by atoms with Gasteiger partial charge in [-0.05, 0) is 64.6 Å². The molecule has 0 bridgehead atoms. The first-order valence-electron chi connectivity index (χ1n) is 10.7. The number of nitrogens with two attached hydrogens (primary N) is 1. The molecular formula is C28H21N3O. The molecule has 32 heavy (non-hydrogen) atoms. The minimum atomic E-state index is -0.134. The Morgan fingerprint density at radius 1 is 0.781 bits per heavy atom. The van der Waals surface area contributed by atoms with Gasteiger partial charge in [-0.1, -0.05) is 60.7 Å². The molecular weight excluding hydrogens is 394 g/mol. The molecule has 1 aliphatic carbocycles. The number of nitrogen functional groups attached to an aromatic ring is 1. The first-order valence-corrected chi connectivity index (χ1v) is 10.7. The predicted molar refractivity (Wildman–Crippen MR) is 131 cm³/mol. The molecule has 0 atom stereocenters. The molecule has 6 rings (SSSR count). The van der Waals surface area contributed by atoms with Crippen LogP contribution in [0.1, 0.15) is 22.3 Å². The summed E-state index contributed by atoms with van der Waals surface area (Å²) in [7, 11) is 0. The number of rotatable bonds is 3. The van der Waals surface area contributed by atoms with Gasteiger partial charge < -0.3 is 16.4 Å². The summed E-state index contributed by atoms with van der Waals surface area (Å²) in [6.45, 7) is 0. The van der Waals surface area contributed by atoms with E-state index in [9.17, 15) is 4.79 Å². The summed E-state index contributed by atoms with van der Waals surface area (Å²) >= 11 is 0. The molecule has 0 fully saturated rings. The number of anilines is 3. The molecule has 1 aliphatic heterocycles. The zero-order valence-corrected chi connectivity index (χ0v) is 17.4. The van der Waals surface area contributed by atoms with Crippen LogP contribution in [0.25, 0.3) is 22.4 Å². The van der Waals surface area contributed by atoms with Gasteiger partial charge in [0.2, 0.25) is 0 Å². The topological polar surface area (TPSA) is 67.1 Å². The summed E-state index contributed by atoms with van der Waals surface area (Å²) in [6, 6.07) is 30.4. The number of carbonyl (C=O) groups excluding carboxylic acids is 1. The average Bonchev–Trinajstić information content (AvgIpc) is 3.34. The van der Waals surface area contributed by atoms with Crippen LogP contribution in [0.2, 0.25) is 0 Å². The molecule has 1 amide bonds. The highest BCUT2D eigenvalue weighted by molar-refractivity contribution is 6.37. The Morgan fingerprint density at radius 2 is 1.56 bits per heavy atom. The Morgan fingerprint density at radius 3 is 2.44 bits per heavy atom. The van der Waals surface area contributed by atoms with E-state index in [1.165, 1.54) is 22.3 Å². The molecule has 0 aromatic heterocycles. The van der Waals surface area contributed by atoms with E-state index in [1.54, 1.807) is 6.07 Å². The van der Waals surface area contributed by atoms with Crippen LogP contribution in [0.5, 0.6) is 0 Å². The average molecular weight is 415 g/mol. The largest absolute Gasteiger partial charge is 0.399 e. The van der Waals surface area contributed by atoms with Gasteiger partial charge in [-0.25, -0.2) is 0 Å². The van der Waals surface area contributed by atoms with E-state index >= 15 is 0 Å². The van der Waals surface area contributed by atoms with Crippen molar-refractivity contribution in [3.05, 3.63) is 113 Å². The first kappa shape index (κ1) is 18.5. The lowest BCUT2D eigenvalue weighted by Gasteiger charge is -2.16. The molecule has 154 valence electrons. The summed E-state index contributed by atoms with van der Waals surface area (Å²) in [6.07, 6.45) is 0.915. The fourth-order valence-corrected chi connectivity index (χ4v) is 4.68. The van der Waals surface area contributed by atoms with Crippen LogP contribution in [0.3, 0.4) is 0 Å². The van der Waals surface area contributed by atoms with E-state index in [1.807, 2.05) is 42.5 Å². The van der Waals surface area contributed by atoms with Crippen LogP contribution in [-0.4, -0.2) is 5.91 Å². The van der Waals surface area contributed by atoms with Gasteiger partial charge in [0, 0.05) is 22.6 Å². The van der Waals surface area contributed by atoms with Crippen molar-refractivity contribution in [2.45, 2.75) is 6.42 Å². The number of carbonyl (C=O) groups is 1. The zero-order valence-electron chi connectivity index (χ0n) is 17.4. The SMILES string of the molecule is Nc1ccc2c(c1)/C(=C(/Nc1ccc3c(c1)Cc1ccccc1-3)c1ccccc1)C(=O)N2. The Kier molecular flexibility index (Phi) is 4.12. The molecule has 0 saturated heterocycles. The van der Waals surface area contributed by atoms with Gasteiger partial charge >= 0.3 is 0 Å². The van der Waals surface area contributed by atoms with E-state index in [4.69, 9.17) is 5.73 Å². The van der Waals surface area contributed by atoms with Crippen molar-refractivity contribution in [2.75, 3.05) is 16.4 Å². The molecule has 4 aromatic carbocycles. The normalized spacial score (nSPS) is 14.9. The zero-order chi connectivity index (χ0) is 21.7. The van der Waals surface area contributed by atoms with Crippen molar-refractivity contribution in [3.8, 4) is 11.1 Å². The third-order valence-corrected chi connectivity index (χ3v) is 6.16. The van der Waals surface area contributed by atoms with Crippen molar-refractivity contribution in [1.82, 2.24) is 0 Å². The number of fused-ring (bicyclic) bond motifs is 4.